The average Bonchev–Trinajstić information content (AvgIpc) is 3.17. The first kappa shape index (κ1) is 18.0. The minimum atomic E-state index is -0.366. The zero-order valence-electron chi connectivity index (χ0n) is 15.9. The van der Waals surface area contributed by atoms with E-state index in [9.17, 15) is 14.0 Å². The largest absolute Gasteiger partial charge is 0.348 e. The molecule has 2 fully saturated rings. The van der Waals surface area contributed by atoms with Gasteiger partial charge in [0.25, 0.3) is 5.91 Å². The number of hydrogen-bond acceptors (Lipinski definition) is 2. The maximum Gasteiger partial charge on any atom is 0.270 e. The fraction of sp³-hybridized carbons (Fsp3) is 0.524. The Morgan fingerprint density at radius 3 is 2.63 bits per heavy atom. The lowest BCUT2D eigenvalue weighted by atomic mass is 9.87. The van der Waals surface area contributed by atoms with Gasteiger partial charge in [-0.3, -0.25) is 9.59 Å². The smallest absolute Gasteiger partial charge is 0.270 e. The maximum atomic E-state index is 13.9. The number of hydrogen-bond donors (Lipinski definition) is 1. The number of nitrogens with zero attached hydrogens (tertiary/aromatic N) is 2. The SMILES string of the molecule is CC1CCC(NC(=O)c2c(N3CCCC3=O)c3cc(F)ccc3n2C)CC1. The zero-order valence-corrected chi connectivity index (χ0v) is 15.9. The highest BCUT2D eigenvalue weighted by Gasteiger charge is 2.32. The molecule has 1 N–H and O–H groups in total. The van der Waals surface area contributed by atoms with Gasteiger partial charge in [0.15, 0.2) is 0 Å². The molecule has 0 radical (unpaired) electrons. The predicted octanol–water partition coefficient (Wildman–Crippen LogP) is 3.75. The van der Waals surface area contributed by atoms with Crippen molar-refractivity contribution in [3.8, 4) is 0 Å². The van der Waals surface area contributed by atoms with Crippen molar-refractivity contribution < 1.29 is 14.0 Å². The summed E-state index contributed by atoms with van der Waals surface area (Å²) in [5.74, 6) is 0.154. The highest BCUT2D eigenvalue weighted by Crippen LogP contribution is 2.36. The molecule has 2 aliphatic rings. The number of anilines is 1. The lowest BCUT2D eigenvalue weighted by Gasteiger charge is -2.27. The summed E-state index contributed by atoms with van der Waals surface area (Å²) in [4.78, 5) is 27.2. The molecule has 144 valence electrons. The Hall–Kier alpha value is -2.37. The van der Waals surface area contributed by atoms with Crippen LogP contribution in [0.1, 0.15) is 55.9 Å². The van der Waals surface area contributed by atoms with E-state index in [4.69, 9.17) is 0 Å². The van der Waals surface area contributed by atoms with E-state index in [0.717, 1.165) is 37.6 Å². The van der Waals surface area contributed by atoms with Gasteiger partial charge in [0, 0.05) is 31.4 Å². The Kier molecular flexibility index (Phi) is 4.66. The molecule has 1 saturated carbocycles. The van der Waals surface area contributed by atoms with Crippen molar-refractivity contribution in [3.63, 3.8) is 0 Å². The van der Waals surface area contributed by atoms with E-state index in [0.29, 0.717) is 35.7 Å². The molecule has 4 rings (SSSR count). The molecule has 0 atom stereocenters. The molecule has 2 aromatic rings. The van der Waals surface area contributed by atoms with Crippen molar-refractivity contribution in [3.05, 3.63) is 29.7 Å². The summed E-state index contributed by atoms with van der Waals surface area (Å²) in [6.45, 7) is 2.81. The molecular weight excluding hydrogens is 345 g/mol. The van der Waals surface area contributed by atoms with E-state index in [1.807, 2.05) is 7.05 Å². The third-order valence-electron chi connectivity index (χ3n) is 6.04. The standard InChI is InChI=1S/C21H26FN3O2/c1-13-5-8-15(9-6-13)23-21(27)20-19(25-11-3-4-18(25)26)16-12-14(22)7-10-17(16)24(20)2/h7,10,12-13,15H,3-6,8-9,11H2,1-2H3,(H,23,27). The molecule has 2 heterocycles. The Morgan fingerprint density at radius 1 is 1.22 bits per heavy atom. The van der Waals surface area contributed by atoms with Crippen LogP contribution in [0.25, 0.3) is 10.9 Å². The van der Waals surface area contributed by atoms with Gasteiger partial charge in [-0.25, -0.2) is 4.39 Å². The first-order valence-corrected chi connectivity index (χ1v) is 9.85. The number of aromatic nitrogens is 1. The highest BCUT2D eigenvalue weighted by atomic mass is 19.1. The first-order valence-electron chi connectivity index (χ1n) is 9.85. The van der Waals surface area contributed by atoms with E-state index >= 15 is 0 Å². The Morgan fingerprint density at radius 2 is 1.96 bits per heavy atom. The van der Waals surface area contributed by atoms with Gasteiger partial charge in [-0.15, -0.1) is 0 Å². The number of rotatable bonds is 3. The van der Waals surface area contributed by atoms with E-state index in [1.54, 1.807) is 15.5 Å². The lowest BCUT2D eigenvalue weighted by molar-refractivity contribution is -0.117. The van der Waals surface area contributed by atoms with Crippen LogP contribution < -0.4 is 10.2 Å². The monoisotopic (exact) mass is 371 g/mol. The third kappa shape index (κ3) is 3.22. The molecule has 1 aromatic carbocycles. The molecule has 6 heteroatoms. The van der Waals surface area contributed by atoms with Crippen LogP contribution in [0, 0.1) is 11.7 Å². The van der Waals surface area contributed by atoms with Crippen LogP contribution >= 0.6 is 0 Å². The molecular formula is C21H26FN3O2. The summed E-state index contributed by atoms with van der Waals surface area (Å²) in [6, 6.07) is 4.65. The number of aryl methyl sites for hydroxylation is 1. The number of nitrogens with one attached hydrogen (secondary N) is 1. The number of carbonyl (C=O) groups excluding carboxylic acids is 2. The highest BCUT2D eigenvalue weighted by molar-refractivity contribution is 6.14. The molecule has 0 unspecified atom stereocenters. The molecule has 27 heavy (non-hydrogen) atoms. The van der Waals surface area contributed by atoms with Crippen molar-refractivity contribution in [2.45, 2.75) is 51.5 Å². The van der Waals surface area contributed by atoms with Crippen LogP contribution in [0.3, 0.4) is 0 Å². The molecule has 0 bridgehead atoms. The van der Waals surface area contributed by atoms with Crippen LogP contribution in [0.2, 0.25) is 0 Å². The van der Waals surface area contributed by atoms with Gasteiger partial charge in [0.05, 0.1) is 11.2 Å². The second-order valence-electron chi connectivity index (χ2n) is 8.00. The Bertz CT molecular complexity index is 896. The summed E-state index contributed by atoms with van der Waals surface area (Å²) < 4.78 is 15.7. The van der Waals surface area contributed by atoms with E-state index in [-0.39, 0.29) is 23.7 Å². The van der Waals surface area contributed by atoms with Crippen molar-refractivity contribution >= 4 is 28.4 Å². The van der Waals surface area contributed by atoms with Gasteiger partial charge < -0.3 is 14.8 Å². The minimum Gasteiger partial charge on any atom is -0.348 e. The summed E-state index contributed by atoms with van der Waals surface area (Å²) in [5.41, 5.74) is 1.76. The number of amides is 2. The third-order valence-corrected chi connectivity index (χ3v) is 6.04. The van der Waals surface area contributed by atoms with Gasteiger partial charge in [0.2, 0.25) is 5.91 Å². The van der Waals surface area contributed by atoms with Crippen LogP contribution in [-0.4, -0.2) is 29.0 Å². The Balaban J connectivity index is 1.75. The topological polar surface area (TPSA) is 54.3 Å². The van der Waals surface area contributed by atoms with Crippen LogP contribution in [0.5, 0.6) is 0 Å². The molecule has 2 amide bonds. The molecule has 1 aromatic heterocycles. The van der Waals surface area contributed by atoms with E-state index < -0.39 is 0 Å². The summed E-state index contributed by atoms with van der Waals surface area (Å²) >= 11 is 0. The van der Waals surface area contributed by atoms with Crippen LogP contribution in [0.15, 0.2) is 18.2 Å². The zero-order chi connectivity index (χ0) is 19.1. The molecule has 1 saturated heterocycles. The second kappa shape index (κ2) is 6.98. The minimum absolute atomic E-state index is 0.00713. The van der Waals surface area contributed by atoms with Gasteiger partial charge >= 0.3 is 0 Å². The average molecular weight is 371 g/mol. The number of benzene rings is 1. The fourth-order valence-corrected chi connectivity index (χ4v) is 4.47. The second-order valence-corrected chi connectivity index (χ2v) is 8.00. The van der Waals surface area contributed by atoms with Crippen molar-refractivity contribution in [2.24, 2.45) is 13.0 Å². The predicted molar refractivity (Wildman–Crippen MR) is 103 cm³/mol. The van der Waals surface area contributed by atoms with Gasteiger partial charge in [-0.05, 0) is 56.2 Å². The van der Waals surface area contributed by atoms with Crippen LogP contribution in [-0.2, 0) is 11.8 Å². The van der Waals surface area contributed by atoms with Crippen molar-refractivity contribution in [2.75, 3.05) is 11.4 Å². The van der Waals surface area contributed by atoms with Gasteiger partial charge in [-0.2, -0.15) is 0 Å². The fourth-order valence-electron chi connectivity index (χ4n) is 4.47. The molecule has 0 spiro atoms. The molecule has 5 nitrogen and oxygen atoms in total. The quantitative estimate of drug-likeness (QED) is 0.893. The number of halogens is 1. The van der Waals surface area contributed by atoms with E-state index in [2.05, 4.69) is 12.2 Å². The number of fused-ring (bicyclic) bond motifs is 1. The summed E-state index contributed by atoms with van der Waals surface area (Å²) in [5, 5.41) is 3.78. The summed E-state index contributed by atoms with van der Waals surface area (Å²) in [7, 11) is 1.81. The Labute approximate surface area is 158 Å². The van der Waals surface area contributed by atoms with Crippen molar-refractivity contribution in [1.82, 2.24) is 9.88 Å². The first-order chi connectivity index (χ1) is 13.0. The van der Waals surface area contributed by atoms with Crippen LogP contribution in [0.4, 0.5) is 10.1 Å². The normalized spacial score (nSPS) is 23.2. The summed E-state index contributed by atoms with van der Waals surface area (Å²) in [6.07, 6.45) is 5.40. The van der Waals surface area contributed by atoms with Gasteiger partial charge in [-0.1, -0.05) is 6.92 Å². The van der Waals surface area contributed by atoms with Crippen molar-refractivity contribution in [1.29, 1.82) is 0 Å². The molecule has 1 aliphatic carbocycles. The molecule has 1 aliphatic heterocycles. The lowest BCUT2D eigenvalue weighted by Crippen LogP contribution is -2.39. The maximum absolute atomic E-state index is 13.9. The van der Waals surface area contributed by atoms with E-state index in [1.165, 1.54) is 12.1 Å². The number of carbonyl (C=O) groups is 2. The van der Waals surface area contributed by atoms with Gasteiger partial charge in [0.1, 0.15) is 11.5 Å².